The number of amides is 1. The van der Waals surface area contributed by atoms with Crippen molar-refractivity contribution in [3.8, 4) is 5.75 Å². The molecule has 5 rings (SSSR count). The van der Waals surface area contributed by atoms with E-state index in [1.54, 1.807) is 24.3 Å². The van der Waals surface area contributed by atoms with Gasteiger partial charge < -0.3 is 9.84 Å². The summed E-state index contributed by atoms with van der Waals surface area (Å²) in [4.78, 5) is 25.9. The molecule has 1 heterocycles. The van der Waals surface area contributed by atoms with E-state index in [1.807, 2.05) is 6.08 Å². The predicted octanol–water partition coefficient (Wildman–Crippen LogP) is 6.09. The van der Waals surface area contributed by atoms with Crippen molar-refractivity contribution in [1.82, 2.24) is 10.4 Å². The summed E-state index contributed by atoms with van der Waals surface area (Å²) in [5.41, 5.74) is 7.20. The average Bonchev–Trinajstić information content (AvgIpc) is 3.31. The van der Waals surface area contributed by atoms with Crippen LogP contribution in [-0.4, -0.2) is 28.6 Å². The Bertz CT molecular complexity index is 1450. The number of carbonyl (C=O) groups is 2. The van der Waals surface area contributed by atoms with Crippen LogP contribution in [0.4, 0.5) is 8.78 Å². The van der Waals surface area contributed by atoms with Crippen LogP contribution in [0, 0.1) is 11.6 Å². The molecular weight excluding hydrogens is 514 g/mol. The van der Waals surface area contributed by atoms with Crippen LogP contribution in [-0.2, 0) is 9.53 Å². The Morgan fingerprint density at radius 3 is 2.42 bits per heavy atom. The Hall–Kier alpha value is -4.17. The van der Waals surface area contributed by atoms with Crippen molar-refractivity contribution in [2.75, 3.05) is 6.61 Å². The van der Waals surface area contributed by atoms with Crippen LogP contribution in [0.3, 0.4) is 0 Å². The second-order valence-corrected chi connectivity index (χ2v) is 9.48. The summed E-state index contributed by atoms with van der Waals surface area (Å²) in [6.07, 6.45) is 4.21. The van der Waals surface area contributed by atoms with Gasteiger partial charge in [-0.25, -0.2) is 18.6 Å². The number of phenols is 1. The van der Waals surface area contributed by atoms with Gasteiger partial charge in [0.1, 0.15) is 29.0 Å². The van der Waals surface area contributed by atoms with Gasteiger partial charge >= 0.3 is 5.97 Å². The molecule has 0 radical (unpaired) electrons. The number of hydrogen-bond donors (Lipinski definition) is 2. The van der Waals surface area contributed by atoms with E-state index in [1.165, 1.54) is 47.5 Å². The summed E-state index contributed by atoms with van der Waals surface area (Å²) >= 11 is 5.91. The lowest BCUT2D eigenvalue weighted by atomic mass is 9.86. The summed E-state index contributed by atoms with van der Waals surface area (Å²) in [6, 6.07) is 15.4. The highest BCUT2D eigenvalue weighted by Gasteiger charge is 2.39. The first kappa shape index (κ1) is 25.5. The summed E-state index contributed by atoms with van der Waals surface area (Å²) in [5.74, 6) is -2.48. The smallest absolute Gasteiger partial charge is 0.342 e. The zero-order chi connectivity index (χ0) is 26.8. The minimum Gasteiger partial charge on any atom is -0.507 e. The lowest BCUT2D eigenvalue weighted by Gasteiger charge is -2.27. The normalized spacial score (nSPS) is 17.8. The molecule has 1 atom stereocenters. The maximum atomic E-state index is 13.7. The lowest BCUT2D eigenvalue weighted by Crippen LogP contribution is -2.42. The van der Waals surface area contributed by atoms with Crippen LogP contribution >= 0.6 is 11.6 Å². The van der Waals surface area contributed by atoms with Crippen molar-refractivity contribution < 1.29 is 28.2 Å². The SMILES string of the molecule is O=C(OCC(=O)N1NC2=C(CCC/C2=C\c2ccc(F)cc2)[C@H]1c1ccc(F)cc1)c1cc(Cl)ccc1O. The van der Waals surface area contributed by atoms with Crippen molar-refractivity contribution in [1.29, 1.82) is 0 Å². The van der Waals surface area contributed by atoms with E-state index in [9.17, 15) is 23.5 Å². The van der Waals surface area contributed by atoms with E-state index in [2.05, 4.69) is 5.43 Å². The van der Waals surface area contributed by atoms with Gasteiger partial charge in [0.2, 0.25) is 0 Å². The highest BCUT2D eigenvalue weighted by atomic mass is 35.5. The van der Waals surface area contributed by atoms with Crippen molar-refractivity contribution in [2.24, 2.45) is 0 Å². The number of allylic oxidation sites excluding steroid dienone is 1. The van der Waals surface area contributed by atoms with E-state index in [4.69, 9.17) is 16.3 Å². The summed E-state index contributed by atoms with van der Waals surface area (Å²) in [6.45, 7) is -0.604. The van der Waals surface area contributed by atoms with Crippen molar-refractivity contribution >= 4 is 29.6 Å². The fourth-order valence-electron chi connectivity index (χ4n) is 4.74. The maximum absolute atomic E-state index is 13.7. The molecule has 1 aliphatic carbocycles. The minimum absolute atomic E-state index is 0.156. The van der Waals surface area contributed by atoms with Crippen LogP contribution in [0.15, 0.2) is 83.6 Å². The largest absolute Gasteiger partial charge is 0.507 e. The predicted molar refractivity (Wildman–Crippen MR) is 138 cm³/mol. The highest BCUT2D eigenvalue weighted by molar-refractivity contribution is 6.31. The number of benzene rings is 3. The Balaban J connectivity index is 1.43. The van der Waals surface area contributed by atoms with Crippen LogP contribution in [0.1, 0.15) is 46.8 Å². The third kappa shape index (κ3) is 5.26. The van der Waals surface area contributed by atoms with Gasteiger partial charge in [0.05, 0.1) is 5.70 Å². The summed E-state index contributed by atoms with van der Waals surface area (Å²) in [5, 5.41) is 11.6. The van der Waals surface area contributed by atoms with Gasteiger partial charge in [0.15, 0.2) is 6.61 Å². The summed E-state index contributed by atoms with van der Waals surface area (Å²) < 4.78 is 32.3. The standard InChI is InChI=1S/C29H23ClF2N2O4/c30-20-8-13-25(35)24(15-20)29(37)38-16-26(36)34-28(18-6-11-22(32)12-7-18)23-3-1-2-19(27(23)33-34)14-17-4-9-21(31)10-5-17/h4-15,28,33,35H,1-3,16H2/b19-14+/t28-/m1/s1. The fourth-order valence-corrected chi connectivity index (χ4v) is 4.91. The number of hydrazine groups is 1. The molecule has 0 aromatic heterocycles. The number of ether oxygens (including phenoxy) is 1. The van der Waals surface area contributed by atoms with Gasteiger partial charge in [-0.1, -0.05) is 35.9 Å². The van der Waals surface area contributed by atoms with E-state index in [0.717, 1.165) is 35.2 Å². The van der Waals surface area contributed by atoms with Crippen LogP contribution in [0.25, 0.3) is 6.08 Å². The van der Waals surface area contributed by atoms with Crippen molar-refractivity contribution in [3.63, 3.8) is 0 Å². The van der Waals surface area contributed by atoms with Crippen molar-refractivity contribution in [2.45, 2.75) is 25.3 Å². The van der Waals surface area contributed by atoms with Crippen LogP contribution < -0.4 is 5.43 Å². The number of halogens is 3. The molecule has 194 valence electrons. The number of nitrogens with zero attached hydrogens (tertiary/aromatic N) is 1. The molecule has 0 spiro atoms. The number of aromatic hydroxyl groups is 1. The molecule has 0 fully saturated rings. The zero-order valence-electron chi connectivity index (χ0n) is 20.1. The molecule has 3 aromatic carbocycles. The first-order valence-electron chi connectivity index (χ1n) is 12.0. The molecule has 1 amide bonds. The number of hydrogen-bond acceptors (Lipinski definition) is 5. The molecule has 0 bridgehead atoms. The minimum atomic E-state index is -0.898. The Labute approximate surface area is 222 Å². The third-order valence-corrected chi connectivity index (χ3v) is 6.76. The highest BCUT2D eigenvalue weighted by Crippen LogP contribution is 2.44. The van der Waals surface area contributed by atoms with Gasteiger partial charge in [0, 0.05) is 5.02 Å². The molecule has 3 aromatic rings. The van der Waals surface area contributed by atoms with Crippen LogP contribution in [0.5, 0.6) is 5.75 Å². The van der Waals surface area contributed by atoms with E-state index < -0.39 is 30.3 Å². The van der Waals surface area contributed by atoms with Gasteiger partial charge in [-0.2, -0.15) is 0 Å². The Kier molecular flexibility index (Phi) is 7.15. The Morgan fingerprint density at radius 1 is 1.03 bits per heavy atom. The van der Waals surface area contributed by atoms with Gasteiger partial charge in [-0.3, -0.25) is 10.2 Å². The molecule has 0 saturated carbocycles. The molecule has 2 aliphatic rings. The third-order valence-electron chi connectivity index (χ3n) is 6.53. The number of rotatable bonds is 5. The topological polar surface area (TPSA) is 78.9 Å². The molecule has 9 heteroatoms. The molecule has 0 unspecified atom stereocenters. The average molecular weight is 537 g/mol. The zero-order valence-corrected chi connectivity index (χ0v) is 20.8. The van der Waals surface area contributed by atoms with E-state index in [0.29, 0.717) is 12.0 Å². The van der Waals surface area contributed by atoms with Crippen LogP contribution in [0.2, 0.25) is 5.02 Å². The van der Waals surface area contributed by atoms with Gasteiger partial charge in [-0.15, -0.1) is 0 Å². The maximum Gasteiger partial charge on any atom is 0.342 e. The molecule has 1 aliphatic heterocycles. The van der Waals surface area contributed by atoms with Gasteiger partial charge in [0.25, 0.3) is 5.91 Å². The van der Waals surface area contributed by atoms with E-state index in [-0.39, 0.29) is 22.2 Å². The fraction of sp³-hybridized carbons (Fsp3) is 0.172. The summed E-state index contributed by atoms with van der Waals surface area (Å²) in [7, 11) is 0. The molecular formula is C29H23ClF2N2O4. The Morgan fingerprint density at radius 2 is 1.71 bits per heavy atom. The molecule has 0 saturated heterocycles. The number of nitrogens with one attached hydrogen (secondary N) is 1. The number of phenolic OH excluding ortho intramolecular Hbond substituents is 1. The number of esters is 1. The second-order valence-electron chi connectivity index (χ2n) is 9.04. The second kappa shape index (κ2) is 10.7. The quantitative estimate of drug-likeness (QED) is 0.386. The lowest BCUT2D eigenvalue weighted by molar-refractivity contribution is -0.138. The molecule has 2 N–H and O–H groups in total. The van der Waals surface area contributed by atoms with Crippen molar-refractivity contribution in [3.05, 3.63) is 117 Å². The van der Waals surface area contributed by atoms with Gasteiger partial charge in [-0.05, 0) is 90.1 Å². The number of carbonyl (C=O) groups excluding carboxylic acids is 2. The monoisotopic (exact) mass is 536 g/mol. The molecule has 38 heavy (non-hydrogen) atoms. The first-order valence-corrected chi connectivity index (χ1v) is 12.4. The van der Waals surface area contributed by atoms with E-state index >= 15 is 0 Å². The molecule has 6 nitrogen and oxygen atoms in total. The first-order chi connectivity index (χ1) is 18.3.